The molecule has 10 heteroatoms. The van der Waals surface area contributed by atoms with Gasteiger partial charge < -0.3 is 10.1 Å². The lowest BCUT2D eigenvalue weighted by atomic mass is 10.0. The standard InChI is InChI=1S/C28H26F3N3O4/c1-5-17-13-22(34-26(37)38-27(2,3)4)23(14-21(17)28(29,30)31)33-25(36)15-24(35)19-9-6-8-18(12-19)20-10-7-11-32-16-20/h5-14,16H,1,15H2,2-4H3,(H,33,36)(H,34,37). The number of ketones is 1. The largest absolute Gasteiger partial charge is 0.444 e. The fraction of sp³-hybridized carbons (Fsp3) is 0.214. The van der Waals surface area contributed by atoms with Gasteiger partial charge in [-0.3, -0.25) is 19.9 Å². The van der Waals surface area contributed by atoms with Crippen molar-refractivity contribution in [2.45, 2.75) is 39.0 Å². The highest BCUT2D eigenvalue weighted by atomic mass is 19.4. The van der Waals surface area contributed by atoms with E-state index in [9.17, 15) is 27.6 Å². The van der Waals surface area contributed by atoms with Gasteiger partial charge in [0.1, 0.15) is 5.60 Å². The average Bonchev–Trinajstić information content (AvgIpc) is 2.83. The zero-order valence-corrected chi connectivity index (χ0v) is 21.0. The summed E-state index contributed by atoms with van der Waals surface area (Å²) in [6.45, 7) is 8.25. The van der Waals surface area contributed by atoms with Crippen LogP contribution in [-0.4, -0.2) is 28.4 Å². The van der Waals surface area contributed by atoms with Crippen molar-refractivity contribution >= 4 is 35.2 Å². The minimum atomic E-state index is -4.77. The van der Waals surface area contributed by atoms with Crippen LogP contribution in [0.25, 0.3) is 17.2 Å². The lowest BCUT2D eigenvalue weighted by molar-refractivity contribution is -0.137. The summed E-state index contributed by atoms with van der Waals surface area (Å²) in [5, 5.41) is 4.67. The van der Waals surface area contributed by atoms with Crippen LogP contribution >= 0.6 is 0 Å². The van der Waals surface area contributed by atoms with Crippen LogP contribution in [0.5, 0.6) is 0 Å². The molecule has 0 spiro atoms. The highest BCUT2D eigenvalue weighted by Gasteiger charge is 2.34. The first kappa shape index (κ1) is 28.1. The third-order valence-corrected chi connectivity index (χ3v) is 5.13. The normalized spacial score (nSPS) is 11.4. The van der Waals surface area contributed by atoms with Gasteiger partial charge in [0.15, 0.2) is 5.78 Å². The summed E-state index contributed by atoms with van der Waals surface area (Å²) in [6, 6.07) is 11.8. The number of benzene rings is 2. The van der Waals surface area contributed by atoms with Gasteiger partial charge in [-0.25, -0.2) is 4.79 Å². The molecule has 2 amide bonds. The lowest BCUT2D eigenvalue weighted by Crippen LogP contribution is -2.28. The Labute approximate surface area is 217 Å². The molecule has 0 unspecified atom stereocenters. The molecule has 0 atom stereocenters. The lowest BCUT2D eigenvalue weighted by Gasteiger charge is -2.22. The van der Waals surface area contributed by atoms with E-state index in [0.717, 1.165) is 17.7 Å². The van der Waals surface area contributed by atoms with Gasteiger partial charge in [0, 0.05) is 23.5 Å². The maximum atomic E-state index is 13.6. The summed E-state index contributed by atoms with van der Waals surface area (Å²) in [5.74, 6) is -1.41. The van der Waals surface area contributed by atoms with Crippen LogP contribution < -0.4 is 10.6 Å². The number of alkyl halides is 3. The number of carbonyl (C=O) groups is 3. The molecule has 3 rings (SSSR count). The Balaban J connectivity index is 1.86. The number of carbonyl (C=O) groups excluding carboxylic acids is 3. The Morgan fingerprint density at radius 2 is 1.66 bits per heavy atom. The molecule has 0 saturated carbocycles. The van der Waals surface area contributed by atoms with Crippen molar-refractivity contribution in [2.75, 3.05) is 10.6 Å². The van der Waals surface area contributed by atoms with E-state index in [2.05, 4.69) is 22.2 Å². The van der Waals surface area contributed by atoms with Gasteiger partial charge in [-0.05, 0) is 56.2 Å². The molecule has 2 aromatic carbocycles. The van der Waals surface area contributed by atoms with E-state index >= 15 is 0 Å². The number of nitrogens with zero attached hydrogens (tertiary/aromatic N) is 1. The highest BCUT2D eigenvalue weighted by molar-refractivity contribution is 6.12. The van der Waals surface area contributed by atoms with E-state index in [4.69, 9.17) is 4.74 Å². The van der Waals surface area contributed by atoms with Crippen molar-refractivity contribution in [1.82, 2.24) is 4.98 Å². The van der Waals surface area contributed by atoms with E-state index in [1.165, 1.54) is 6.07 Å². The molecule has 0 aliphatic heterocycles. The number of rotatable bonds is 7. The minimum absolute atomic E-state index is 0.151. The van der Waals surface area contributed by atoms with Gasteiger partial charge in [0.2, 0.25) is 5.91 Å². The second kappa shape index (κ2) is 11.3. The Morgan fingerprint density at radius 1 is 0.974 bits per heavy atom. The van der Waals surface area contributed by atoms with Crippen LogP contribution in [0.1, 0.15) is 48.7 Å². The molecule has 7 nitrogen and oxygen atoms in total. The zero-order valence-electron chi connectivity index (χ0n) is 21.0. The Morgan fingerprint density at radius 3 is 2.26 bits per heavy atom. The second-order valence-corrected chi connectivity index (χ2v) is 9.28. The van der Waals surface area contributed by atoms with Crippen molar-refractivity contribution in [1.29, 1.82) is 0 Å². The van der Waals surface area contributed by atoms with Crippen LogP contribution in [0.4, 0.5) is 29.3 Å². The van der Waals surface area contributed by atoms with Crippen molar-refractivity contribution in [3.8, 4) is 11.1 Å². The number of Topliss-reactive ketones (excluding diaryl/α,β-unsaturated/α-hetero) is 1. The van der Waals surface area contributed by atoms with Crippen molar-refractivity contribution < 1.29 is 32.3 Å². The molecule has 2 N–H and O–H groups in total. The maximum absolute atomic E-state index is 13.6. The molecule has 3 aromatic rings. The van der Waals surface area contributed by atoms with E-state index in [1.807, 2.05) is 6.07 Å². The number of pyridine rings is 1. The number of amides is 2. The second-order valence-electron chi connectivity index (χ2n) is 9.28. The molecule has 0 fully saturated rings. The van der Waals surface area contributed by atoms with Gasteiger partial charge in [-0.2, -0.15) is 13.2 Å². The summed E-state index contributed by atoms with van der Waals surface area (Å²) in [7, 11) is 0. The molecule has 0 aliphatic rings. The quantitative estimate of drug-likeness (QED) is 0.257. The molecule has 0 aliphatic carbocycles. The average molecular weight is 526 g/mol. The third-order valence-electron chi connectivity index (χ3n) is 5.13. The van der Waals surface area contributed by atoms with E-state index in [-0.39, 0.29) is 22.5 Å². The third kappa shape index (κ3) is 7.52. The summed E-state index contributed by atoms with van der Waals surface area (Å²) >= 11 is 0. The summed E-state index contributed by atoms with van der Waals surface area (Å²) in [4.78, 5) is 41.9. The minimum Gasteiger partial charge on any atom is -0.444 e. The summed E-state index contributed by atoms with van der Waals surface area (Å²) in [6.07, 6.45) is -2.14. The van der Waals surface area contributed by atoms with Crippen LogP contribution in [0.15, 0.2) is 67.5 Å². The monoisotopic (exact) mass is 525 g/mol. The van der Waals surface area contributed by atoms with Crippen molar-refractivity contribution in [3.05, 3.63) is 84.2 Å². The zero-order chi connectivity index (χ0) is 28.1. The van der Waals surface area contributed by atoms with Crippen molar-refractivity contribution in [2.24, 2.45) is 0 Å². The van der Waals surface area contributed by atoms with Crippen LogP contribution in [-0.2, 0) is 15.7 Å². The summed E-state index contributed by atoms with van der Waals surface area (Å²) in [5.41, 5.74) is -1.05. The van der Waals surface area contributed by atoms with E-state index in [1.54, 1.807) is 57.4 Å². The molecule has 0 saturated heterocycles. The first-order chi connectivity index (χ1) is 17.8. The number of anilines is 2. The van der Waals surface area contributed by atoms with Crippen LogP contribution in [0.3, 0.4) is 0 Å². The molecule has 0 bridgehead atoms. The number of hydrogen-bond acceptors (Lipinski definition) is 5. The number of nitrogens with one attached hydrogen (secondary N) is 2. The topological polar surface area (TPSA) is 97.4 Å². The maximum Gasteiger partial charge on any atom is 0.417 e. The predicted octanol–water partition coefficient (Wildman–Crippen LogP) is 6.97. The molecular weight excluding hydrogens is 499 g/mol. The number of ether oxygens (including phenoxy) is 1. The molecule has 38 heavy (non-hydrogen) atoms. The molecule has 1 heterocycles. The molecule has 1 aromatic heterocycles. The fourth-order valence-corrected chi connectivity index (χ4v) is 3.50. The van der Waals surface area contributed by atoms with Crippen LogP contribution in [0, 0.1) is 0 Å². The molecule has 0 radical (unpaired) electrons. The molecular formula is C28H26F3N3O4. The summed E-state index contributed by atoms with van der Waals surface area (Å²) < 4.78 is 46.1. The Bertz CT molecular complexity index is 1360. The van der Waals surface area contributed by atoms with Gasteiger partial charge in [-0.15, -0.1) is 0 Å². The smallest absolute Gasteiger partial charge is 0.417 e. The Kier molecular flexibility index (Phi) is 8.35. The first-order valence-corrected chi connectivity index (χ1v) is 11.5. The van der Waals surface area contributed by atoms with Crippen molar-refractivity contribution in [3.63, 3.8) is 0 Å². The SMILES string of the molecule is C=Cc1cc(NC(=O)OC(C)(C)C)c(NC(=O)CC(=O)c2cccc(-c3cccnc3)c2)cc1C(F)(F)F. The molecule has 198 valence electrons. The van der Waals surface area contributed by atoms with Crippen LogP contribution in [0.2, 0.25) is 0 Å². The number of aromatic nitrogens is 1. The van der Waals surface area contributed by atoms with E-state index in [0.29, 0.717) is 11.6 Å². The van der Waals surface area contributed by atoms with E-state index < -0.39 is 41.5 Å². The number of hydrogen-bond donors (Lipinski definition) is 2. The first-order valence-electron chi connectivity index (χ1n) is 11.5. The predicted molar refractivity (Wildman–Crippen MR) is 139 cm³/mol. The van der Waals surface area contributed by atoms with Gasteiger partial charge in [0.05, 0.1) is 23.4 Å². The fourth-order valence-electron chi connectivity index (χ4n) is 3.50. The van der Waals surface area contributed by atoms with Gasteiger partial charge in [0.25, 0.3) is 0 Å². The van der Waals surface area contributed by atoms with Gasteiger partial charge in [-0.1, -0.05) is 36.9 Å². The Hall–Kier alpha value is -4.47. The van der Waals surface area contributed by atoms with Gasteiger partial charge >= 0.3 is 12.3 Å². The highest BCUT2D eigenvalue weighted by Crippen LogP contribution is 2.38. The number of halogens is 3.